The van der Waals surface area contributed by atoms with Crippen molar-refractivity contribution in [3.63, 3.8) is 0 Å². The molecule has 0 atom stereocenters. The molecule has 0 aliphatic heterocycles. The summed E-state index contributed by atoms with van der Waals surface area (Å²) in [7, 11) is 0. The number of benzene rings is 2. The largest absolute Gasteiger partial charge is 0.399 e. The molecule has 0 radical (unpaired) electrons. The molecule has 28 heavy (non-hydrogen) atoms. The fraction of sp³-hybridized carbons (Fsp3) is 0.111. The summed E-state index contributed by atoms with van der Waals surface area (Å²) in [6.45, 7) is 1.12. The molecule has 0 unspecified atom stereocenters. The number of fused-ring (bicyclic) bond motifs is 1. The van der Waals surface area contributed by atoms with Gasteiger partial charge in [-0.15, -0.1) is 4.73 Å². The van der Waals surface area contributed by atoms with E-state index in [0.29, 0.717) is 22.3 Å². The Balaban J connectivity index is 1.63. The van der Waals surface area contributed by atoms with Crippen molar-refractivity contribution < 1.29 is 14.6 Å². The van der Waals surface area contributed by atoms with Gasteiger partial charge < -0.3 is 4.84 Å². The van der Waals surface area contributed by atoms with E-state index in [1.807, 2.05) is 0 Å². The number of amides is 1. The molecule has 1 N–H and O–H groups in total. The number of nitrogens with one attached hydrogen (secondary N) is 1. The van der Waals surface area contributed by atoms with E-state index in [9.17, 15) is 19.7 Å². The average molecular weight is 381 g/mol. The van der Waals surface area contributed by atoms with Crippen LogP contribution in [0.3, 0.4) is 0 Å². The molecule has 2 aromatic carbocycles. The number of nitro groups is 1. The Morgan fingerprint density at radius 2 is 2.11 bits per heavy atom. The molecule has 0 aliphatic carbocycles. The molecule has 0 saturated heterocycles. The third-order valence-corrected chi connectivity index (χ3v) is 3.70. The third kappa shape index (κ3) is 4.18. The molecule has 0 bridgehead atoms. The first-order chi connectivity index (χ1) is 13.5. The summed E-state index contributed by atoms with van der Waals surface area (Å²) in [6, 6.07) is 12.6. The Labute approximate surface area is 158 Å². The highest BCUT2D eigenvalue weighted by Crippen LogP contribution is 2.11. The van der Waals surface area contributed by atoms with Crippen LogP contribution in [0.25, 0.3) is 10.9 Å². The quantitative estimate of drug-likeness (QED) is 0.388. The minimum Gasteiger partial charge on any atom is -0.399 e. The smallest absolute Gasteiger partial charge is 0.294 e. The van der Waals surface area contributed by atoms with Gasteiger partial charge in [0.05, 0.1) is 22.0 Å². The molecule has 0 fully saturated rings. The maximum absolute atomic E-state index is 12.4. The van der Waals surface area contributed by atoms with Gasteiger partial charge in [0.15, 0.2) is 6.61 Å². The van der Waals surface area contributed by atoms with E-state index in [-0.39, 0.29) is 5.69 Å². The topological polar surface area (TPSA) is 129 Å². The van der Waals surface area contributed by atoms with Crippen molar-refractivity contribution in [3.8, 4) is 0 Å². The highest BCUT2D eigenvalue weighted by molar-refractivity contribution is 5.83. The molecule has 10 heteroatoms. The monoisotopic (exact) mass is 381 g/mol. The van der Waals surface area contributed by atoms with Crippen molar-refractivity contribution in [2.75, 3.05) is 6.61 Å². The number of non-ortho nitro benzene ring substituents is 1. The van der Waals surface area contributed by atoms with Crippen LogP contribution < -0.4 is 15.8 Å². The number of para-hydroxylation sites is 1. The zero-order valence-electron chi connectivity index (χ0n) is 14.7. The molecule has 1 amide bonds. The number of hydrazone groups is 1. The van der Waals surface area contributed by atoms with E-state index in [2.05, 4.69) is 15.5 Å². The fourth-order valence-corrected chi connectivity index (χ4v) is 2.43. The summed E-state index contributed by atoms with van der Waals surface area (Å²) >= 11 is 0. The number of rotatable bonds is 6. The number of nitrogens with zero attached hydrogens (tertiary/aromatic N) is 4. The van der Waals surface area contributed by atoms with Crippen LogP contribution in [0.5, 0.6) is 0 Å². The van der Waals surface area contributed by atoms with Gasteiger partial charge in [0.2, 0.25) is 0 Å². The molecule has 3 aromatic rings. The van der Waals surface area contributed by atoms with Crippen LogP contribution in [0.1, 0.15) is 11.4 Å². The summed E-state index contributed by atoms with van der Waals surface area (Å²) < 4.78 is 0.951. The molecular weight excluding hydrogens is 366 g/mol. The number of carbonyl (C=O) groups is 1. The van der Waals surface area contributed by atoms with E-state index >= 15 is 0 Å². The zero-order chi connectivity index (χ0) is 20.1. The van der Waals surface area contributed by atoms with E-state index in [4.69, 9.17) is 4.84 Å². The highest BCUT2D eigenvalue weighted by Gasteiger charge is 2.10. The maximum Gasteiger partial charge on any atom is 0.294 e. The maximum atomic E-state index is 12.4. The second-order valence-corrected chi connectivity index (χ2v) is 5.69. The van der Waals surface area contributed by atoms with Crippen LogP contribution in [-0.4, -0.2) is 33.4 Å². The van der Waals surface area contributed by atoms with Gasteiger partial charge in [-0.2, -0.15) is 5.10 Å². The first-order valence-electron chi connectivity index (χ1n) is 8.14. The van der Waals surface area contributed by atoms with Crippen LogP contribution >= 0.6 is 0 Å². The van der Waals surface area contributed by atoms with Crippen LogP contribution in [0, 0.1) is 17.0 Å². The minimum absolute atomic E-state index is 0.0859. The zero-order valence-corrected chi connectivity index (χ0v) is 14.7. The Morgan fingerprint density at radius 1 is 1.32 bits per heavy atom. The van der Waals surface area contributed by atoms with Gasteiger partial charge in [-0.05, 0) is 19.1 Å². The number of carbonyl (C=O) groups excluding carboxylic acids is 1. The SMILES string of the molecule is Cc1nc2ccccc2c(=O)n1OCC(=O)NN=Cc1cccc([N+](=O)[O-])c1. The summed E-state index contributed by atoms with van der Waals surface area (Å²) in [5.74, 6) is -0.308. The average Bonchev–Trinajstić information content (AvgIpc) is 2.68. The molecule has 3 rings (SSSR count). The number of nitro benzene ring substituents is 1. The molecule has 1 heterocycles. The van der Waals surface area contributed by atoms with Crippen molar-refractivity contribution >= 4 is 28.7 Å². The van der Waals surface area contributed by atoms with Gasteiger partial charge in [-0.25, -0.2) is 10.4 Å². The lowest BCUT2D eigenvalue weighted by atomic mass is 10.2. The van der Waals surface area contributed by atoms with Crippen LogP contribution in [0.2, 0.25) is 0 Å². The fourth-order valence-electron chi connectivity index (χ4n) is 2.43. The number of aryl methyl sites for hydroxylation is 1. The van der Waals surface area contributed by atoms with E-state index in [0.717, 1.165) is 4.73 Å². The minimum atomic E-state index is -0.610. The molecule has 10 nitrogen and oxygen atoms in total. The number of hydrogen-bond donors (Lipinski definition) is 1. The lowest BCUT2D eigenvalue weighted by molar-refractivity contribution is -0.384. The molecule has 142 valence electrons. The number of aromatic nitrogens is 2. The molecule has 1 aromatic heterocycles. The third-order valence-electron chi connectivity index (χ3n) is 3.70. The predicted octanol–water partition coefficient (Wildman–Crippen LogP) is 1.19. The summed E-state index contributed by atoms with van der Waals surface area (Å²) in [5.41, 5.74) is 2.70. The first kappa shape index (κ1) is 18.7. The first-order valence-corrected chi connectivity index (χ1v) is 8.14. The molecular formula is C18H15N5O5. The van der Waals surface area contributed by atoms with Gasteiger partial charge in [-0.1, -0.05) is 24.3 Å². The van der Waals surface area contributed by atoms with Crippen molar-refractivity contribution in [1.29, 1.82) is 0 Å². The van der Waals surface area contributed by atoms with Gasteiger partial charge in [0.25, 0.3) is 17.2 Å². The Bertz CT molecular complexity index is 1140. The van der Waals surface area contributed by atoms with E-state index in [1.54, 1.807) is 37.3 Å². The second-order valence-electron chi connectivity index (χ2n) is 5.69. The predicted molar refractivity (Wildman–Crippen MR) is 101 cm³/mol. The summed E-state index contributed by atoms with van der Waals surface area (Å²) in [5, 5.41) is 14.8. The second kappa shape index (κ2) is 8.08. The van der Waals surface area contributed by atoms with Gasteiger partial charge in [0, 0.05) is 17.7 Å². The van der Waals surface area contributed by atoms with Crippen LogP contribution in [-0.2, 0) is 4.79 Å². The van der Waals surface area contributed by atoms with Crippen LogP contribution in [0.15, 0.2) is 58.4 Å². The Kier molecular flexibility index (Phi) is 5.40. The summed E-state index contributed by atoms with van der Waals surface area (Å²) in [6.07, 6.45) is 1.26. The summed E-state index contributed by atoms with van der Waals surface area (Å²) in [4.78, 5) is 44.0. The van der Waals surface area contributed by atoms with Crippen molar-refractivity contribution in [3.05, 3.63) is 80.4 Å². The van der Waals surface area contributed by atoms with Crippen molar-refractivity contribution in [1.82, 2.24) is 15.1 Å². The van der Waals surface area contributed by atoms with Gasteiger partial charge in [0.1, 0.15) is 5.82 Å². The molecule has 0 aliphatic rings. The molecule has 0 saturated carbocycles. The van der Waals surface area contributed by atoms with Crippen molar-refractivity contribution in [2.24, 2.45) is 5.10 Å². The molecule has 0 spiro atoms. The van der Waals surface area contributed by atoms with E-state index in [1.165, 1.54) is 24.4 Å². The Morgan fingerprint density at radius 3 is 2.89 bits per heavy atom. The van der Waals surface area contributed by atoms with Crippen molar-refractivity contribution in [2.45, 2.75) is 6.92 Å². The number of hydrogen-bond acceptors (Lipinski definition) is 7. The van der Waals surface area contributed by atoms with E-state index < -0.39 is 23.0 Å². The lowest BCUT2D eigenvalue weighted by Crippen LogP contribution is -2.35. The lowest BCUT2D eigenvalue weighted by Gasteiger charge is -2.11. The van der Waals surface area contributed by atoms with Gasteiger partial charge >= 0.3 is 0 Å². The Hall–Kier alpha value is -4.08. The normalized spacial score (nSPS) is 10.9. The highest BCUT2D eigenvalue weighted by atomic mass is 16.7. The van der Waals surface area contributed by atoms with Gasteiger partial charge in [-0.3, -0.25) is 19.7 Å². The standard InChI is InChI=1S/C18H15N5O5/c1-12-20-16-8-3-2-7-15(16)18(25)22(12)28-11-17(24)21-19-10-13-5-4-6-14(9-13)23(26)27/h2-10H,11H2,1H3,(H,21,24). The van der Waals surface area contributed by atoms with Crippen LogP contribution in [0.4, 0.5) is 5.69 Å².